The highest BCUT2D eigenvalue weighted by Gasteiger charge is 2.78. The molecule has 1 atom stereocenters. The second kappa shape index (κ2) is 4.82. The predicted molar refractivity (Wildman–Crippen MR) is 48.3 cm³/mol. The third-order valence-corrected chi connectivity index (χ3v) is 2.33. The standard InChI is InChI=1S/C8H5F6N3O3/c9-7(10,11)6(8(12,13)14)17-4(5(19)20-6)1-3(18)2-16-15/h2,4,17H,1H2/p+1/b3-2-/t4-/m0/s1. The van der Waals surface area contributed by atoms with Crippen molar-refractivity contribution in [3.05, 3.63) is 16.9 Å². The molecular weight excluding hydrogens is 300 g/mol. The van der Waals surface area contributed by atoms with Crippen molar-refractivity contribution >= 4 is 5.97 Å². The molecule has 2 N–H and O–H groups in total. The number of carbonyl (C=O) groups is 1. The van der Waals surface area contributed by atoms with Crippen molar-refractivity contribution in [3.8, 4) is 0 Å². The minimum Gasteiger partial charge on any atom is -0.505 e. The molecule has 0 aliphatic carbocycles. The normalized spacial score (nSPS) is 23.4. The van der Waals surface area contributed by atoms with E-state index in [-0.39, 0.29) is 0 Å². The Morgan fingerprint density at radius 3 is 2.25 bits per heavy atom. The SMILES string of the molecule is N#[N+]/C=C(\O)C[C@@H]1NC(C(F)(F)F)(C(F)(F)F)OC1=O. The summed E-state index contributed by atoms with van der Waals surface area (Å²) in [5.74, 6) is -2.76. The molecule has 1 rings (SSSR count). The van der Waals surface area contributed by atoms with Crippen molar-refractivity contribution in [1.82, 2.24) is 5.32 Å². The first-order chi connectivity index (χ1) is 8.94. The van der Waals surface area contributed by atoms with Crippen LogP contribution in [-0.2, 0) is 9.53 Å². The van der Waals surface area contributed by atoms with Crippen LogP contribution in [0.1, 0.15) is 6.42 Å². The first kappa shape index (κ1) is 16.0. The summed E-state index contributed by atoms with van der Waals surface area (Å²) in [6.45, 7) is 0. The summed E-state index contributed by atoms with van der Waals surface area (Å²) in [6, 6.07) is -2.10. The lowest BCUT2D eigenvalue weighted by atomic mass is 10.1. The minimum absolute atomic E-state index is 0.343. The Labute approximate surface area is 106 Å². The summed E-state index contributed by atoms with van der Waals surface area (Å²) in [7, 11) is 0. The summed E-state index contributed by atoms with van der Waals surface area (Å²) in [5, 5.41) is 18.0. The van der Waals surface area contributed by atoms with Crippen LogP contribution in [0, 0.1) is 5.39 Å². The number of nitrogens with zero attached hydrogens (tertiary/aromatic N) is 2. The van der Waals surface area contributed by atoms with E-state index in [1.54, 1.807) is 0 Å². The molecule has 1 heterocycles. The van der Waals surface area contributed by atoms with Crippen LogP contribution >= 0.6 is 0 Å². The zero-order chi connectivity index (χ0) is 15.8. The summed E-state index contributed by atoms with van der Waals surface area (Å²) < 4.78 is 78.7. The number of aliphatic hydroxyl groups excluding tert-OH is 1. The van der Waals surface area contributed by atoms with Crippen molar-refractivity contribution in [3.63, 3.8) is 0 Å². The van der Waals surface area contributed by atoms with Gasteiger partial charge in [-0.1, -0.05) is 0 Å². The molecule has 1 fully saturated rings. The number of hydrogen-bond donors (Lipinski definition) is 2. The molecule has 0 unspecified atom stereocenters. The zero-order valence-electron chi connectivity index (χ0n) is 9.29. The maximum atomic E-state index is 12.5. The molecule has 20 heavy (non-hydrogen) atoms. The maximum absolute atomic E-state index is 12.5. The average molecular weight is 306 g/mol. The number of nitrogens with one attached hydrogen (secondary N) is 1. The molecule has 0 aromatic carbocycles. The van der Waals surface area contributed by atoms with Crippen LogP contribution in [0.5, 0.6) is 0 Å². The fraction of sp³-hybridized carbons (Fsp3) is 0.625. The average Bonchev–Trinajstić information content (AvgIpc) is 2.56. The van der Waals surface area contributed by atoms with Crippen LogP contribution in [-0.4, -0.2) is 35.2 Å². The van der Waals surface area contributed by atoms with Crippen LogP contribution in [0.4, 0.5) is 26.3 Å². The summed E-state index contributed by atoms with van der Waals surface area (Å²) in [5.41, 5.74) is -4.83. The highest BCUT2D eigenvalue weighted by atomic mass is 19.4. The summed E-state index contributed by atoms with van der Waals surface area (Å²) in [6.07, 6.45) is -12.5. The predicted octanol–water partition coefficient (Wildman–Crippen LogP) is 1.96. The van der Waals surface area contributed by atoms with Gasteiger partial charge in [0, 0.05) is 6.42 Å². The summed E-state index contributed by atoms with van der Waals surface area (Å²) >= 11 is 0. The van der Waals surface area contributed by atoms with Gasteiger partial charge in [0.15, 0.2) is 10.7 Å². The molecule has 1 aliphatic heterocycles. The number of carbonyl (C=O) groups excluding carboxylic acids is 1. The number of esters is 1. The van der Waals surface area contributed by atoms with Crippen molar-refractivity contribution in [2.24, 2.45) is 0 Å². The molecule has 1 saturated heterocycles. The first-order valence-electron chi connectivity index (χ1n) is 4.81. The smallest absolute Gasteiger partial charge is 0.452 e. The Kier molecular flexibility index (Phi) is 3.86. The molecule has 1 aliphatic rings. The number of aliphatic hydroxyl groups is 1. The Balaban J connectivity index is 3.09. The van der Waals surface area contributed by atoms with Crippen molar-refractivity contribution in [1.29, 1.82) is 5.39 Å². The molecule has 12 heteroatoms. The number of ether oxygens (including phenoxy) is 1. The molecule has 6 nitrogen and oxygen atoms in total. The van der Waals surface area contributed by atoms with E-state index in [1.165, 1.54) is 0 Å². The van der Waals surface area contributed by atoms with Gasteiger partial charge < -0.3 is 9.84 Å². The van der Waals surface area contributed by atoms with Crippen molar-refractivity contribution in [2.75, 3.05) is 0 Å². The monoisotopic (exact) mass is 306 g/mol. The van der Waals surface area contributed by atoms with Gasteiger partial charge in [-0.3, -0.25) is 10.1 Å². The minimum atomic E-state index is -5.95. The molecule has 0 spiro atoms. The Bertz CT molecular complexity index is 463. The van der Waals surface area contributed by atoms with E-state index in [4.69, 9.17) is 10.5 Å². The second-order valence-corrected chi connectivity index (χ2v) is 3.73. The van der Waals surface area contributed by atoms with Gasteiger partial charge >= 0.3 is 30.2 Å². The Morgan fingerprint density at radius 1 is 1.40 bits per heavy atom. The van der Waals surface area contributed by atoms with E-state index in [0.29, 0.717) is 6.20 Å². The van der Waals surface area contributed by atoms with Gasteiger partial charge in [0.05, 0.1) is 0 Å². The fourth-order valence-corrected chi connectivity index (χ4v) is 1.46. The van der Waals surface area contributed by atoms with Gasteiger partial charge in [-0.25, -0.2) is 0 Å². The largest absolute Gasteiger partial charge is 0.505 e. The van der Waals surface area contributed by atoms with Crippen LogP contribution in [0.25, 0.3) is 4.98 Å². The van der Waals surface area contributed by atoms with Gasteiger partial charge in [-0.15, -0.1) is 0 Å². The Morgan fingerprint density at radius 2 is 1.90 bits per heavy atom. The second-order valence-electron chi connectivity index (χ2n) is 3.73. The first-order valence-corrected chi connectivity index (χ1v) is 4.81. The molecule has 0 bridgehead atoms. The van der Waals surface area contributed by atoms with Crippen LogP contribution in [0.15, 0.2) is 12.0 Å². The molecule has 0 amide bonds. The number of diazo groups is 1. The van der Waals surface area contributed by atoms with Crippen LogP contribution in [0.2, 0.25) is 0 Å². The molecular formula is C8H6F6N3O3+. The van der Waals surface area contributed by atoms with Crippen molar-refractivity contribution < 1.29 is 41.0 Å². The highest BCUT2D eigenvalue weighted by Crippen LogP contribution is 2.47. The summed E-state index contributed by atoms with van der Waals surface area (Å²) in [4.78, 5) is 13.4. The number of rotatable bonds is 2. The lowest BCUT2D eigenvalue weighted by Gasteiger charge is -2.31. The van der Waals surface area contributed by atoms with Gasteiger partial charge in [-0.05, 0) is 0 Å². The third kappa shape index (κ3) is 2.62. The number of cyclic esters (lactones) is 1. The molecule has 0 aromatic rings. The van der Waals surface area contributed by atoms with E-state index in [0.717, 1.165) is 5.32 Å². The lowest BCUT2D eigenvalue weighted by Crippen LogP contribution is -2.65. The molecule has 0 aromatic heterocycles. The van der Waals surface area contributed by atoms with E-state index >= 15 is 0 Å². The quantitative estimate of drug-likeness (QED) is 0.352. The Hall–Kier alpha value is -2.03. The highest BCUT2D eigenvalue weighted by molar-refractivity contribution is 5.79. The van der Waals surface area contributed by atoms with Crippen LogP contribution < -0.4 is 5.32 Å². The number of hydrogen-bond acceptors (Lipinski definition) is 5. The van der Waals surface area contributed by atoms with E-state index in [9.17, 15) is 31.1 Å². The number of halogens is 6. The molecule has 112 valence electrons. The van der Waals surface area contributed by atoms with E-state index < -0.39 is 42.3 Å². The number of alkyl halides is 6. The van der Waals surface area contributed by atoms with Crippen LogP contribution in [0.3, 0.4) is 0 Å². The van der Waals surface area contributed by atoms with E-state index in [1.807, 2.05) is 0 Å². The van der Waals surface area contributed by atoms with E-state index in [2.05, 4.69) is 9.71 Å². The van der Waals surface area contributed by atoms with Gasteiger partial charge in [0.25, 0.3) is 0 Å². The van der Waals surface area contributed by atoms with Gasteiger partial charge in [0.1, 0.15) is 6.04 Å². The fourth-order valence-electron chi connectivity index (χ4n) is 1.46. The van der Waals surface area contributed by atoms with Crippen molar-refractivity contribution in [2.45, 2.75) is 30.5 Å². The van der Waals surface area contributed by atoms with Gasteiger partial charge in [-0.2, -0.15) is 26.3 Å². The van der Waals surface area contributed by atoms with Gasteiger partial charge in [0.2, 0.25) is 5.39 Å². The maximum Gasteiger partial charge on any atom is 0.452 e. The zero-order valence-corrected chi connectivity index (χ0v) is 9.29. The molecule has 0 radical (unpaired) electrons. The lowest BCUT2D eigenvalue weighted by molar-refractivity contribution is -0.369. The molecule has 0 saturated carbocycles. The topological polar surface area (TPSA) is 86.7 Å². The third-order valence-electron chi connectivity index (χ3n) is 2.33.